The summed E-state index contributed by atoms with van der Waals surface area (Å²) < 4.78 is 0. The Bertz CT molecular complexity index is 332. The first-order valence-electron chi connectivity index (χ1n) is 7.30. The summed E-state index contributed by atoms with van der Waals surface area (Å²) in [5.74, 6) is 0. The zero-order valence-electron chi connectivity index (χ0n) is 12.7. The molecule has 1 aromatic carbocycles. The van der Waals surface area contributed by atoms with Gasteiger partial charge in [-0.05, 0) is 42.3 Å². The molecule has 0 amide bonds. The van der Waals surface area contributed by atoms with E-state index < -0.39 is 0 Å². The van der Waals surface area contributed by atoms with Crippen molar-refractivity contribution in [1.29, 1.82) is 0 Å². The van der Waals surface area contributed by atoms with Crippen LogP contribution in [0.25, 0.3) is 0 Å². The van der Waals surface area contributed by atoms with Crippen LogP contribution in [0.3, 0.4) is 0 Å². The van der Waals surface area contributed by atoms with Gasteiger partial charge in [0.25, 0.3) is 0 Å². The maximum absolute atomic E-state index is 3.54. The summed E-state index contributed by atoms with van der Waals surface area (Å²) in [6.45, 7) is 12.3. The fourth-order valence-electron chi connectivity index (χ4n) is 2.25. The standard InChI is InChI=1S/C17H29N/c1-6-16(18-7-2)13-10-14-8-11-15(12-9-14)17(3,4)5/h8-9,11-12,16,18H,6-7,10,13H2,1-5H3. The molecule has 1 aromatic rings. The highest BCUT2D eigenvalue weighted by molar-refractivity contribution is 5.27. The predicted molar refractivity (Wildman–Crippen MR) is 81.2 cm³/mol. The molecule has 0 aliphatic heterocycles. The lowest BCUT2D eigenvalue weighted by Gasteiger charge is -2.19. The van der Waals surface area contributed by atoms with Crippen molar-refractivity contribution in [1.82, 2.24) is 5.32 Å². The minimum Gasteiger partial charge on any atom is -0.314 e. The third kappa shape index (κ3) is 4.81. The van der Waals surface area contributed by atoms with E-state index in [1.807, 2.05) is 0 Å². The molecule has 102 valence electrons. The van der Waals surface area contributed by atoms with E-state index in [0.29, 0.717) is 6.04 Å². The second-order valence-electron chi connectivity index (χ2n) is 6.15. The highest BCUT2D eigenvalue weighted by Gasteiger charge is 2.13. The van der Waals surface area contributed by atoms with Crippen LogP contribution in [0.5, 0.6) is 0 Å². The van der Waals surface area contributed by atoms with Crippen molar-refractivity contribution in [2.24, 2.45) is 0 Å². The van der Waals surface area contributed by atoms with Crippen LogP contribution in [0, 0.1) is 0 Å². The molecular formula is C17H29N. The van der Waals surface area contributed by atoms with E-state index in [1.165, 1.54) is 30.4 Å². The number of aryl methyl sites for hydroxylation is 1. The van der Waals surface area contributed by atoms with Gasteiger partial charge in [-0.1, -0.05) is 58.9 Å². The third-order valence-electron chi connectivity index (χ3n) is 3.59. The summed E-state index contributed by atoms with van der Waals surface area (Å²) in [6.07, 6.45) is 3.63. The van der Waals surface area contributed by atoms with Crippen LogP contribution < -0.4 is 5.32 Å². The zero-order valence-corrected chi connectivity index (χ0v) is 12.7. The van der Waals surface area contributed by atoms with Crippen molar-refractivity contribution in [2.45, 2.75) is 65.3 Å². The monoisotopic (exact) mass is 247 g/mol. The van der Waals surface area contributed by atoms with Crippen LogP contribution in [0.4, 0.5) is 0 Å². The average molecular weight is 247 g/mol. The van der Waals surface area contributed by atoms with Crippen LogP contribution >= 0.6 is 0 Å². The molecule has 1 rings (SSSR count). The smallest absolute Gasteiger partial charge is 0.00674 e. The van der Waals surface area contributed by atoms with Gasteiger partial charge < -0.3 is 5.32 Å². The van der Waals surface area contributed by atoms with E-state index in [9.17, 15) is 0 Å². The van der Waals surface area contributed by atoms with Gasteiger partial charge in [0.2, 0.25) is 0 Å². The van der Waals surface area contributed by atoms with Gasteiger partial charge in [-0.2, -0.15) is 0 Å². The first-order valence-corrected chi connectivity index (χ1v) is 7.30. The molecule has 0 radical (unpaired) electrons. The summed E-state index contributed by atoms with van der Waals surface area (Å²) in [4.78, 5) is 0. The van der Waals surface area contributed by atoms with Crippen LogP contribution in [0.2, 0.25) is 0 Å². The highest BCUT2D eigenvalue weighted by Crippen LogP contribution is 2.22. The Morgan fingerprint density at radius 1 is 1.06 bits per heavy atom. The Hall–Kier alpha value is -0.820. The summed E-state index contributed by atoms with van der Waals surface area (Å²) in [5, 5.41) is 3.54. The molecule has 0 spiro atoms. The van der Waals surface area contributed by atoms with Crippen molar-refractivity contribution in [3.63, 3.8) is 0 Å². The summed E-state index contributed by atoms with van der Waals surface area (Å²) in [7, 11) is 0. The van der Waals surface area contributed by atoms with E-state index in [2.05, 4.69) is 64.2 Å². The summed E-state index contributed by atoms with van der Waals surface area (Å²) in [6, 6.07) is 9.81. The van der Waals surface area contributed by atoms with E-state index in [1.54, 1.807) is 0 Å². The molecule has 0 saturated carbocycles. The zero-order chi connectivity index (χ0) is 13.6. The molecule has 0 aliphatic rings. The Kier molecular flexibility index (Phi) is 5.87. The van der Waals surface area contributed by atoms with Crippen LogP contribution in [0.1, 0.15) is 58.6 Å². The molecule has 0 aromatic heterocycles. The van der Waals surface area contributed by atoms with Crippen LogP contribution in [-0.4, -0.2) is 12.6 Å². The van der Waals surface area contributed by atoms with Crippen molar-refractivity contribution in [3.8, 4) is 0 Å². The molecule has 1 heteroatoms. The van der Waals surface area contributed by atoms with Crippen molar-refractivity contribution < 1.29 is 0 Å². The van der Waals surface area contributed by atoms with Gasteiger partial charge in [-0.15, -0.1) is 0 Å². The van der Waals surface area contributed by atoms with Gasteiger partial charge in [-0.25, -0.2) is 0 Å². The molecule has 18 heavy (non-hydrogen) atoms. The third-order valence-corrected chi connectivity index (χ3v) is 3.59. The molecule has 1 nitrogen and oxygen atoms in total. The Morgan fingerprint density at radius 3 is 2.11 bits per heavy atom. The molecule has 0 saturated heterocycles. The van der Waals surface area contributed by atoms with Gasteiger partial charge in [-0.3, -0.25) is 0 Å². The molecule has 0 bridgehead atoms. The first kappa shape index (κ1) is 15.2. The van der Waals surface area contributed by atoms with E-state index in [-0.39, 0.29) is 5.41 Å². The van der Waals surface area contributed by atoms with Crippen LogP contribution in [-0.2, 0) is 11.8 Å². The van der Waals surface area contributed by atoms with Crippen LogP contribution in [0.15, 0.2) is 24.3 Å². The lowest BCUT2D eigenvalue weighted by Crippen LogP contribution is -2.28. The molecule has 0 fully saturated rings. The average Bonchev–Trinajstić information content (AvgIpc) is 2.34. The topological polar surface area (TPSA) is 12.0 Å². The molecular weight excluding hydrogens is 218 g/mol. The fourth-order valence-corrected chi connectivity index (χ4v) is 2.25. The SMILES string of the molecule is CCNC(CC)CCc1ccc(C(C)(C)C)cc1. The van der Waals surface area contributed by atoms with Gasteiger partial charge in [0.05, 0.1) is 0 Å². The molecule has 1 atom stereocenters. The predicted octanol–water partition coefficient (Wildman–Crippen LogP) is 4.30. The van der Waals surface area contributed by atoms with Gasteiger partial charge in [0, 0.05) is 6.04 Å². The minimum atomic E-state index is 0.258. The van der Waals surface area contributed by atoms with Crippen molar-refractivity contribution in [2.75, 3.05) is 6.54 Å². The maximum Gasteiger partial charge on any atom is 0.00674 e. The van der Waals surface area contributed by atoms with Gasteiger partial charge in [0.15, 0.2) is 0 Å². The second-order valence-corrected chi connectivity index (χ2v) is 6.15. The highest BCUT2D eigenvalue weighted by atomic mass is 14.9. The Balaban J connectivity index is 2.53. The normalized spacial score (nSPS) is 13.6. The van der Waals surface area contributed by atoms with E-state index in [0.717, 1.165) is 6.54 Å². The maximum atomic E-state index is 3.54. The molecule has 0 aliphatic carbocycles. The first-order chi connectivity index (χ1) is 8.47. The number of rotatable bonds is 6. The van der Waals surface area contributed by atoms with Gasteiger partial charge in [0.1, 0.15) is 0 Å². The number of hydrogen-bond donors (Lipinski definition) is 1. The Morgan fingerprint density at radius 2 is 1.67 bits per heavy atom. The molecule has 1 N–H and O–H groups in total. The van der Waals surface area contributed by atoms with E-state index >= 15 is 0 Å². The molecule has 0 heterocycles. The second kappa shape index (κ2) is 6.94. The molecule has 1 unspecified atom stereocenters. The fraction of sp³-hybridized carbons (Fsp3) is 0.647. The summed E-state index contributed by atoms with van der Waals surface area (Å²) >= 11 is 0. The van der Waals surface area contributed by atoms with Crippen molar-refractivity contribution >= 4 is 0 Å². The van der Waals surface area contributed by atoms with Crippen molar-refractivity contribution in [3.05, 3.63) is 35.4 Å². The number of benzene rings is 1. The number of hydrogen-bond acceptors (Lipinski definition) is 1. The quantitative estimate of drug-likeness (QED) is 0.790. The van der Waals surface area contributed by atoms with Gasteiger partial charge >= 0.3 is 0 Å². The lowest BCUT2D eigenvalue weighted by molar-refractivity contribution is 0.481. The summed E-state index contributed by atoms with van der Waals surface area (Å²) in [5.41, 5.74) is 3.14. The minimum absolute atomic E-state index is 0.258. The largest absolute Gasteiger partial charge is 0.314 e. The van der Waals surface area contributed by atoms with E-state index in [4.69, 9.17) is 0 Å². The Labute approximate surface area is 113 Å². The lowest BCUT2D eigenvalue weighted by atomic mass is 9.86. The number of nitrogens with one attached hydrogen (secondary N) is 1.